The molecule has 0 bridgehead atoms. The fourth-order valence-electron chi connectivity index (χ4n) is 3.35. The van der Waals surface area contributed by atoms with E-state index in [1.54, 1.807) is 0 Å². The average Bonchev–Trinajstić information content (AvgIpc) is 2.49. The summed E-state index contributed by atoms with van der Waals surface area (Å²) in [5.74, 6) is 0. The monoisotopic (exact) mass is 274 g/mol. The van der Waals surface area contributed by atoms with Gasteiger partial charge in [-0.2, -0.15) is 0 Å². The molecule has 0 saturated carbocycles. The lowest BCUT2D eigenvalue weighted by molar-refractivity contribution is -0.00407. The first kappa shape index (κ1) is 15.5. The summed E-state index contributed by atoms with van der Waals surface area (Å²) in [5, 5.41) is 3.81. The van der Waals surface area contributed by atoms with Crippen molar-refractivity contribution in [2.75, 3.05) is 13.1 Å². The average molecular weight is 274 g/mol. The van der Waals surface area contributed by atoms with Crippen molar-refractivity contribution >= 4 is 0 Å². The molecule has 0 radical (unpaired) electrons. The lowest BCUT2D eigenvalue weighted by Gasteiger charge is -2.53. The van der Waals surface area contributed by atoms with Gasteiger partial charge in [0.2, 0.25) is 0 Å². The van der Waals surface area contributed by atoms with E-state index in [0.717, 1.165) is 19.6 Å². The van der Waals surface area contributed by atoms with Crippen LogP contribution in [0.4, 0.5) is 0 Å². The summed E-state index contributed by atoms with van der Waals surface area (Å²) in [6.45, 7) is 12.6. The zero-order valence-electron chi connectivity index (χ0n) is 13.6. The summed E-state index contributed by atoms with van der Waals surface area (Å²) >= 11 is 0. The van der Waals surface area contributed by atoms with Crippen LogP contribution in [0.5, 0.6) is 0 Å². The first-order chi connectivity index (χ1) is 9.57. The Morgan fingerprint density at radius 1 is 1.05 bits per heavy atom. The minimum atomic E-state index is 0.253. The van der Waals surface area contributed by atoms with E-state index in [0.29, 0.717) is 5.54 Å². The molecule has 1 heterocycles. The number of rotatable bonds is 5. The van der Waals surface area contributed by atoms with Crippen LogP contribution < -0.4 is 5.32 Å². The van der Waals surface area contributed by atoms with E-state index >= 15 is 0 Å². The predicted molar refractivity (Wildman–Crippen MR) is 86.9 cm³/mol. The number of hydrogen-bond donors (Lipinski definition) is 1. The van der Waals surface area contributed by atoms with Gasteiger partial charge in [0.15, 0.2) is 0 Å². The highest BCUT2D eigenvalue weighted by Gasteiger charge is 2.42. The first-order valence-corrected chi connectivity index (χ1v) is 8.11. The molecule has 1 saturated heterocycles. The number of nitrogens with zero attached hydrogens (tertiary/aromatic N) is 1. The minimum Gasteiger partial charge on any atom is -0.308 e. The number of piperazine rings is 1. The maximum Gasteiger partial charge on any atom is 0.0333 e. The quantitative estimate of drug-likeness (QED) is 0.878. The Labute approximate surface area is 124 Å². The van der Waals surface area contributed by atoms with Gasteiger partial charge in [0.25, 0.3) is 0 Å². The van der Waals surface area contributed by atoms with Crippen molar-refractivity contribution in [2.24, 2.45) is 0 Å². The van der Waals surface area contributed by atoms with E-state index in [9.17, 15) is 0 Å². The van der Waals surface area contributed by atoms with Crippen LogP contribution >= 0.6 is 0 Å². The molecule has 2 heteroatoms. The maximum atomic E-state index is 3.81. The molecule has 1 aliphatic rings. The molecule has 0 amide bonds. The Hall–Kier alpha value is -0.860. The van der Waals surface area contributed by atoms with E-state index in [2.05, 4.69) is 68.2 Å². The second-order valence-corrected chi connectivity index (χ2v) is 6.54. The van der Waals surface area contributed by atoms with Crippen LogP contribution in [-0.2, 0) is 6.54 Å². The fraction of sp³-hybridized carbons (Fsp3) is 0.667. The molecule has 1 aromatic rings. The summed E-state index contributed by atoms with van der Waals surface area (Å²) in [7, 11) is 0. The smallest absolute Gasteiger partial charge is 0.0333 e. The standard InChI is InChI=1S/C18H30N2/c1-5-17(4)15-20(13-16-11-9-8-10-12-16)18(6-2,7-3)14-19-17/h8-12,19H,5-7,13-15H2,1-4H3. The van der Waals surface area contributed by atoms with E-state index in [1.807, 2.05) is 0 Å². The summed E-state index contributed by atoms with van der Waals surface area (Å²) in [6.07, 6.45) is 3.61. The van der Waals surface area contributed by atoms with Crippen molar-refractivity contribution in [3.63, 3.8) is 0 Å². The van der Waals surface area contributed by atoms with E-state index in [-0.39, 0.29) is 5.54 Å². The molecule has 1 aromatic carbocycles. The summed E-state index contributed by atoms with van der Waals surface area (Å²) in [5.41, 5.74) is 1.99. The zero-order chi connectivity index (χ0) is 14.6. The SMILES string of the molecule is CCC1(C)CN(Cc2ccccc2)C(CC)(CC)CN1. The van der Waals surface area contributed by atoms with Crippen molar-refractivity contribution in [3.05, 3.63) is 35.9 Å². The molecule has 1 fully saturated rings. The van der Waals surface area contributed by atoms with E-state index in [4.69, 9.17) is 0 Å². The van der Waals surface area contributed by atoms with Crippen LogP contribution in [0.2, 0.25) is 0 Å². The minimum absolute atomic E-state index is 0.253. The van der Waals surface area contributed by atoms with Crippen LogP contribution in [0.25, 0.3) is 0 Å². The second-order valence-electron chi connectivity index (χ2n) is 6.54. The van der Waals surface area contributed by atoms with Crippen molar-refractivity contribution < 1.29 is 0 Å². The van der Waals surface area contributed by atoms with Gasteiger partial charge in [-0.25, -0.2) is 0 Å². The lowest BCUT2D eigenvalue weighted by atomic mass is 9.82. The lowest BCUT2D eigenvalue weighted by Crippen LogP contribution is -2.68. The van der Waals surface area contributed by atoms with Gasteiger partial charge in [0.1, 0.15) is 0 Å². The normalized spacial score (nSPS) is 26.6. The number of hydrogen-bond acceptors (Lipinski definition) is 2. The highest BCUT2D eigenvalue weighted by molar-refractivity contribution is 5.16. The first-order valence-electron chi connectivity index (χ1n) is 8.11. The molecule has 2 rings (SSSR count). The van der Waals surface area contributed by atoms with Crippen LogP contribution in [0.3, 0.4) is 0 Å². The van der Waals surface area contributed by atoms with Gasteiger partial charge in [0.05, 0.1) is 0 Å². The summed E-state index contributed by atoms with van der Waals surface area (Å²) < 4.78 is 0. The van der Waals surface area contributed by atoms with Gasteiger partial charge in [-0.3, -0.25) is 4.90 Å². The molecule has 112 valence electrons. The zero-order valence-corrected chi connectivity index (χ0v) is 13.6. The van der Waals surface area contributed by atoms with Crippen LogP contribution in [-0.4, -0.2) is 29.1 Å². The molecule has 20 heavy (non-hydrogen) atoms. The second kappa shape index (κ2) is 6.28. The van der Waals surface area contributed by atoms with Crippen molar-refractivity contribution in [2.45, 2.75) is 64.6 Å². The Balaban J connectivity index is 2.22. The Kier molecular flexibility index (Phi) is 4.87. The van der Waals surface area contributed by atoms with Crippen LogP contribution in [0, 0.1) is 0 Å². The number of nitrogens with one attached hydrogen (secondary N) is 1. The van der Waals surface area contributed by atoms with E-state index in [1.165, 1.54) is 24.8 Å². The molecule has 0 spiro atoms. The molecule has 2 nitrogen and oxygen atoms in total. The van der Waals surface area contributed by atoms with Gasteiger partial charge in [-0.05, 0) is 31.7 Å². The molecule has 1 unspecified atom stereocenters. The Morgan fingerprint density at radius 2 is 1.70 bits per heavy atom. The summed E-state index contributed by atoms with van der Waals surface area (Å²) in [4.78, 5) is 2.72. The third kappa shape index (κ3) is 3.07. The predicted octanol–water partition coefficient (Wildman–Crippen LogP) is 3.82. The Morgan fingerprint density at radius 3 is 2.25 bits per heavy atom. The molecule has 1 atom stereocenters. The maximum absolute atomic E-state index is 3.81. The summed E-state index contributed by atoms with van der Waals surface area (Å²) in [6, 6.07) is 10.9. The molecule has 0 aliphatic carbocycles. The van der Waals surface area contributed by atoms with Gasteiger partial charge < -0.3 is 5.32 Å². The highest BCUT2D eigenvalue weighted by Crippen LogP contribution is 2.32. The van der Waals surface area contributed by atoms with Gasteiger partial charge in [-0.1, -0.05) is 51.1 Å². The van der Waals surface area contributed by atoms with E-state index < -0.39 is 0 Å². The van der Waals surface area contributed by atoms with Crippen molar-refractivity contribution in [3.8, 4) is 0 Å². The molecular formula is C18H30N2. The van der Waals surface area contributed by atoms with Crippen molar-refractivity contribution in [1.29, 1.82) is 0 Å². The van der Waals surface area contributed by atoms with Gasteiger partial charge in [-0.15, -0.1) is 0 Å². The van der Waals surface area contributed by atoms with Crippen molar-refractivity contribution in [1.82, 2.24) is 10.2 Å². The topological polar surface area (TPSA) is 15.3 Å². The van der Waals surface area contributed by atoms with Gasteiger partial charge in [0, 0.05) is 30.7 Å². The Bertz CT molecular complexity index is 411. The number of benzene rings is 1. The third-order valence-corrected chi connectivity index (χ3v) is 5.37. The fourth-order valence-corrected chi connectivity index (χ4v) is 3.35. The highest BCUT2D eigenvalue weighted by atomic mass is 15.3. The molecule has 0 aromatic heterocycles. The third-order valence-electron chi connectivity index (χ3n) is 5.37. The molecular weight excluding hydrogens is 244 g/mol. The van der Waals surface area contributed by atoms with Crippen LogP contribution in [0.1, 0.15) is 52.5 Å². The van der Waals surface area contributed by atoms with Crippen LogP contribution in [0.15, 0.2) is 30.3 Å². The largest absolute Gasteiger partial charge is 0.308 e. The molecule has 1 aliphatic heterocycles. The van der Waals surface area contributed by atoms with Gasteiger partial charge >= 0.3 is 0 Å². The molecule has 1 N–H and O–H groups in total.